The van der Waals surface area contributed by atoms with Gasteiger partial charge in [-0.15, -0.1) is 0 Å². The number of nitrogens with one attached hydrogen (secondary N) is 2. The highest BCUT2D eigenvalue weighted by molar-refractivity contribution is 6.76. The number of amides is 2. The first-order valence-electron chi connectivity index (χ1n) is 4.33. The Morgan fingerprint density at radius 1 is 1.29 bits per heavy atom. The summed E-state index contributed by atoms with van der Waals surface area (Å²) in [4.78, 5) is 11.4. The standard InChI is InChI=1S/C9H8Cl3N3O2/c10-9(11,12)7(13)15(17)8(16)14-6-4-2-1-3-5-6/h1-5,13,17H,(H,14,16). The molecule has 2 amide bonds. The zero-order chi connectivity index (χ0) is 13.1. The summed E-state index contributed by atoms with van der Waals surface area (Å²) in [5.41, 5.74) is 0.439. The first kappa shape index (κ1) is 14.1. The van der Waals surface area contributed by atoms with Gasteiger partial charge in [0.15, 0.2) is 5.84 Å². The third-order valence-electron chi connectivity index (χ3n) is 1.70. The number of hydrogen-bond donors (Lipinski definition) is 3. The molecule has 1 aromatic rings. The number of rotatable bonds is 1. The summed E-state index contributed by atoms with van der Waals surface area (Å²) in [6, 6.07) is 7.35. The minimum absolute atomic E-state index is 0.0694. The molecule has 0 aliphatic heterocycles. The van der Waals surface area contributed by atoms with Crippen LogP contribution in [0.1, 0.15) is 0 Å². The minimum atomic E-state index is -2.18. The number of benzene rings is 1. The quantitative estimate of drug-likeness (QED) is 0.244. The van der Waals surface area contributed by atoms with Crippen LogP contribution in [0.25, 0.3) is 0 Å². The van der Waals surface area contributed by atoms with E-state index in [0.29, 0.717) is 5.69 Å². The van der Waals surface area contributed by atoms with Gasteiger partial charge in [0.25, 0.3) is 0 Å². The van der Waals surface area contributed by atoms with Gasteiger partial charge in [-0.3, -0.25) is 10.6 Å². The zero-order valence-corrected chi connectivity index (χ0v) is 10.6. The second-order valence-corrected chi connectivity index (χ2v) is 5.24. The Labute approximate surface area is 112 Å². The Bertz CT molecular complexity index is 419. The number of hydroxylamine groups is 2. The fourth-order valence-electron chi connectivity index (χ4n) is 0.920. The van der Waals surface area contributed by atoms with Crippen LogP contribution < -0.4 is 5.32 Å². The molecule has 0 saturated carbocycles. The SMILES string of the molecule is N=C(N(O)C(=O)Nc1ccccc1)C(Cl)(Cl)Cl. The van der Waals surface area contributed by atoms with Crippen LogP contribution in [0.2, 0.25) is 0 Å². The number of carbonyl (C=O) groups excluding carboxylic acids is 1. The summed E-state index contributed by atoms with van der Waals surface area (Å²) >= 11 is 16.1. The van der Waals surface area contributed by atoms with Crippen molar-refractivity contribution in [1.29, 1.82) is 5.41 Å². The van der Waals surface area contributed by atoms with Gasteiger partial charge >= 0.3 is 6.03 Å². The third kappa shape index (κ3) is 4.05. The number of amidine groups is 1. The summed E-state index contributed by atoms with van der Waals surface area (Å²) in [5, 5.41) is 18.8. The Morgan fingerprint density at radius 3 is 2.29 bits per heavy atom. The van der Waals surface area contributed by atoms with Crippen LogP contribution in [-0.2, 0) is 0 Å². The van der Waals surface area contributed by atoms with E-state index in [1.54, 1.807) is 30.3 Å². The lowest BCUT2D eigenvalue weighted by molar-refractivity contribution is 0.0308. The number of para-hydroxylation sites is 1. The molecular formula is C9H8Cl3N3O2. The van der Waals surface area contributed by atoms with Crippen molar-refractivity contribution < 1.29 is 10.0 Å². The van der Waals surface area contributed by atoms with E-state index < -0.39 is 15.7 Å². The van der Waals surface area contributed by atoms with Crippen molar-refractivity contribution in [3.8, 4) is 0 Å². The Balaban J connectivity index is 2.69. The van der Waals surface area contributed by atoms with Crippen LogP contribution >= 0.6 is 34.8 Å². The smallest absolute Gasteiger partial charge is 0.306 e. The molecular weight excluding hydrogens is 288 g/mol. The maximum Gasteiger partial charge on any atom is 0.351 e. The van der Waals surface area contributed by atoms with Gasteiger partial charge in [-0.1, -0.05) is 53.0 Å². The van der Waals surface area contributed by atoms with Gasteiger partial charge in [0.05, 0.1) is 0 Å². The van der Waals surface area contributed by atoms with Gasteiger partial charge in [0, 0.05) is 5.69 Å². The molecule has 0 aromatic heterocycles. The molecule has 0 heterocycles. The van der Waals surface area contributed by atoms with E-state index in [2.05, 4.69) is 5.32 Å². The summed E-state index contributed by atoms with van der Waals surface area (Å²) in [5.74, 6) is -0.865. The van der Waals surface area contributed by atoms with Crippen LogP contribution in [0.15, 0.2) is 30.3 Å². The maximum absolute atomic E-state index is 11.4. The molecule has 0 saturated heterocycles. The predicted octanol–water partition coefficient (Wildman–Crippen LogP) is 3.26. The number of anilines is 1. The van der Waals surface area contributed by atoms with E-state index in [1.165, 1.54) is 0 Å². The van der Waals surface area contributed by atoms with Gasteiger partial charge in [0.1, 0.15) is 0 Å². The predicted molar refractivity (Wildman–Crippen MR) is 67.1 cm³/mol. The first-order valence-corrected chi connectivity index (χ1v) is 5.46. The number of halogens is 3. The molecule has 92 valence electrons. The number of nitrogens with zero attached hydrogens (tertiary/aromatic N) is 1. The van der Waals surface area contributed by atoms with Crippen LogP contribution in [0.4, 0.5) is 10.5 Å². The molecule has 1 rings (SSSR count). The van der Waals surface area contributed by atoms with E-state index in [-0.39, 0.29) is 5.06 Å². The van der Waals surface area contributed by atoms with Crippen molar-refractivity contribution in [2.75, 3.05) is 5.32 Å². The van der Waals surface area contributed by atoms with Gasteiger partial charge < -0.3 is 5.32 Å². The second kappa shape index (κ2) is 5.55. The molecule has 0 aliphatic rings. The molecule has 0 radical (unpaired) electrons. The average molecular weight is 297 g/mol. The third-order valence-corrected chi connectivity index (χ3v) is 2.23. The lowest BCUT2D eigenvalue weighted by Crippen LogP contribution is -2.42. The summed E-state index contributed by atoms with van der Waals surface area (Å²) in [7, 11) is 0. The molecule has 0 unspecified atom stereocenters. The molecule has 17 heavy (non-hydrogen) atoms. The van der Waals surface area contributed by atoms with E-state index >= 15 is 0 Å². The molecule has 1 aromatic carbocycles. The van der Waals surface area contributed by atoms with Crippen molar-refractivity contribution >= 4 is 52.4 Å². The number of carbonyl (C=O) groups is 1. The molecule has 0 aliphatic carbocycles. The van der Waals surface area contributed by atoms with Crippen molar-refractivity contribution in [2.24, 2.45) is 0 Å². The van der Waals surface area contributed by atoms with Gasteiger partial charge in [-0.25, -0.2) is 4.79 Å². The largest absolute Gasteiger partial charge is 0.351 e. The van der Waals surface area contributed by atoms with Crippen molar-refractivity contribution in [2.45, 2.75) is 3.79 Å². The summed E-state index contributed by atoms with van der Waals surface area (Å²) < 4.78 is -2.18. The molecule has 5 nitrogen and oxygen atoms in total. The number of hydrogen-bond acceptors (Lipinski definition) is 3. The van der Waals surface area contributed by atoms with Gasteiger partial charge in [0.2, 0.25) is 3.79 Å². The summed E-state index contributed by atoms with van der Waals surface area (Å²) in [6.45, 7) is 0. The Morgan fingerprint density at radius 2 is 1.82 bits per heavy atom. The fraction of sp³-hybridized carbons (Fsp3) is 0.111. The van der Waals surface area contributed by atoms with Crippen LogP contribution in [0.5, 0.6) is 0 Å². The van der Waals surface area contributed by atoms with Crippen molar-refractivity contribution in [3.63, 3.8) is 0 Å². The van der Waals surface area contributed by atoms with Crippen molar-refractivity contribution in [1.82, 2.24) is 5.06 Å². The topological polar surface area (TPSA) is 76.4 Å². The van der Waals surface area contributed by atoms with Crippen LogP contribution in [0, 0.1) is 5.41 Å². The normalized spacial score (nSPS) is 10.8. The lowest BCUT2D eigenvalue weighted by Gasteiger charge is -2.20. The fourth-order valence-corrected chi connectivity index (χ4v) is 1.16. The van der Waals surface area contributed by atoms with Gasteiger partial charge in [-0.2, -0.15) is 5.06 Å². The molecule has 8 heteroatoms. The zero-order valence-electron chi connectivity index (χ0n) is 8.32. The summed E-state index contributed by atoms with van der Waals surface area (Å²) in [6.07, 6.45) is 0. The highest BCUT2D eigenvalue weighted by Gasteiger charge is 2.34. The number of urea groups is 1. The second-order valence-electron chi connectivity index (χ2n) is 2.95. The van der Waals surface area contributed by atoms with E-state index in [1.807, 2.05) is 0 Å². The van der Waals surface area contributed by atoms with Crippen LogP contribution in [-0.4, -0.2) is 25.9 Å². The lowest BCUT2D eigenvalue weighted by atomic mass is 10.3. The molecule has 0 bridgehead atoms. The van der Waals surface area contributed by atoms with Gasteiger partial charge in [-0.05, 0) is 12.1 Å². The van der Waals surface area contributed by atoms with E-state index in [9.17, 15) is 10.0 Å². The average Bonchev–Trinajstić information content (AvgIpc) is 2.27. The molecule has 0 spiro atoms. The Hall–Kier alpha value is -1.01. The molecule has 0 atom stereocenters. The van der Waals surface area contributed by atoms with E-state index in [0.717, 1.165) is 0 Å². The molecule has 3 N–H and O–H groups in total. The van der Waals surface area contributed by atoms with E-state index in [4.69, 9.17) is 40.2 Å². The first-order chi connectivity index (χ1) is 7.82. The maximum atomic E-state index is 11.4. The Kier molecular flexibility index (Phi) is 4.59. The molecule has 0 fully saturated rings. The monoisotopic (exact) mass is 295 g/mol. The van der Waals surface area contributed by atoms with Crippen molar-refractivity contribution in [3.05, 3.63) is 30.3 Å². The number of alkyl halides is 3. The highest BCUT2D eigenvalue weighted by atomic mass is 35.6. The minimum Gasteiger partial charge on any atom is -0.306 e. The highest BCUT2D eigenvalue weighted by Crippen LogP contribution is 2.28. The van der Waals surface area contributed by atoms with Crippen LogP contribution in [0.3, 0.4) is 0 Å².